The van der Waals surface area contributed by atoms with Gasteiger partial charge in [-0.05, 0) is 42.5 Å². The van der Waals surface area contributed by atoms with Crippen molar-refractivity contribution in [2.45, 2.75) is 96.7 Å². The zero-order chi connectivity index (χ0) is 22.0. The number of fused-ring (bicyclic) bond motifs is 1. The van der Waals surface area contributed by atoms with Crippen molar-refractivity contribution >= 4 is 0 Å². The van der Waals surface area contributed by atoms with E-state index in [2.05, 4.69) is 30.1 Å². The van der Waals surface area contributed by atoms with E-state index in [9.17, 15) is 0 Å². The molecule has 0 radical (unpaired) electrons. The summed E-state index contributed by atoms with van der Waals surface area (Å²) in [6.07, 6.45) is 18.4. The smallest absolute Gasteiger partial charge is 0.241 e. The predicted molar refractivity (Wildman–Crippen MR) is 129 cm³/mol. The maximum absolute atomic E-state index is 6.04. The number of unbranched alkanes of at least 4 members (excludes halogenated alkanes) is 7. The third-order valence-electron chi connectivity index (χ3n) is 6.53. The van der Waals surface area contributed by atoms with Gasteiger partial charge in [0.05, 0.1) is 6.61 Å². The molecule has 1 atom stereocenters. The van der Waals surface area contributed by atoms with Crippen LogP contribution >= 0.6 is 0 Å². The molecule has 174 valence electrons. The second-order valence-corrected chi connectivity index (χ2v) is 9.41. The number of aromatic nitrogens is 1. The predicted octanol–water partition coefficient (Wildman–Crippen LogP) is 7.95. The van der Waals surface area contributed by atoms with E-state index >= 15 is 0 Å². The lowest BCUT2D eigenvalue weighted by atomic mass is 10.1. The Kier molecular flexibility index (Phi) is 8.70. The summed E-state index contributed by atoms with van der Waals surface area (Å²) in [5, 5.41) is 0. The van der Waals surface area contributed by atoms with E-state index in [1.54, 1.807) is 0 Å². The maximum Gasteiger partial charge on any atom is 0.241 e. The molecular weight excluding hydrogens is 398 g/mol. The molecular formula is C28H39NO3. The third kappa shape index (κ3) is 7.15. The van der Waals surface area contributed by atoms with Crippen molar-refractivity contribution in [2.24, 2.45) is 5.92 Å². The first-order chi connectivity index (χ1) is 15.8. The van der Waals surface area contributed by atoms with Crippen molar-refractivity contribution in [2.75, 3.05) is 6.61 Å². The Morgan fingerprint density at radius 2 is 1.56 bits per heavy atom. The summed E-state index contributed by atoms with van der Waals surface area (Å²) in [5.41, 5.74) is 2.15. The topological polar surface area (TPSA) is 40.6 Å². The van der Waals surface area contributed by atoms with Crippen LogP contribution in [-0.4, -0.2) is 17.9 Å². The van der Waals surface area contributed by atoms with E-state index in [4.69, 9.17) is 14.2 Å². The van der Waals surface area contributed by atoms with Gasteiger partial charge < -0.3 is 14.2 Å². The van der Waals surface area contributed by atoms with Gasteiger partial charge in [-0.15, -0.1) is 0 Å². The van der Waals surface area contributed by atoms with Crippen molar-refractivity contribution in [3.05, 3.63) is 36.5 Å². The van der Waals surface area contributed by atoms with E-state index < -0.39 is 0 Å². The molecule has 1 aromatic heterocycles. The summed E-state index contributed by atoms with van der Waals surface area (Å²) in [5.74, 6) is 3.44. The molecule has 1 saturated carbocycles. The standard InChI is InChI=1S/C28H39NO3/c1-2-3-4-5-9-12-28-31-25-17-15-23(20-26(25)32-28)24-16-18-27(29-21-24)30-19-10-7-6-8-11-22-13-14-22/h15-18,20-22,28H,2-14,19H2,1H3. The number of rotatable bonds is 15. The van der Waals surface area contributed by atoms with Gasteiger partial charge in [-0.1, -0.05) is 77.2 Å². The molecule has 1 unspecified atom stereocenters. The molecule has 4 nitrogen and oxygen atoms in total. The second-order valence-electron chi connectivity index (χ2n) is 9.41. The molecule has 32 heavy (non-hydrogen) atoms. The number of nitrogens with zero attached hydrogens (tertiary/aromatic N) is 1. The minimum atomic E-state index is -0.149. The zero-order valence-corrected chi connectivity index (χ0v) is 19.7. The molecule has 0 bridgehead atoms. The Labute approximate surface area is 193 Å². The molecule has 0 saturated heterocycles. The molecule has 0 spiro atoms. The van der Waals surface area contributed by atoms with Crippen molar-refractivity contribution in [1.29, 1.82) is 0 Å². The van der Waals surface area contributed by atoms with Gasteiger partial charge in [0.1, 0.15) is 0 Å². The van der Waals surface area contributed by atoms with Crippen LogP contribution in [0.2, 0.25) is 0 Å². The van der Waals surface area contributed by atoms with Gasteiger partial charge in [-0.3, -0.25) is 0 Å². The second kappa shape index (κ2) is 12.1. The van der Waals surface area contributed by atoms with Crippen molar-refractivity contribution in [3.63, 3.8) is 0 Å². The van der Waals surface area contributed by atoms with Crippen LogP contribution < -0.4 is 14.2 Å². The molecule has 4 heteroatoms. The third-order valence-corrected chi connectivity index (χ3v) is 6.53. The lowest BCUT2D eigenvalue weighted by molar-refractivity contribution is 0.0395. The highest BCUT2D eigenvalue weighted by Gasteiger charge is 2.24. The summed E-state index contributed by atoms with van der Waals surface area (Å²) in [6.45, 7) is 2.99. The Bertz CT molecular complexity index is 816. The lowest BCUT2D eigenvalue weighted by Gasteiger charge is -2.09. The number of ether oxygens (including phenoxy) is 3. The van der Waals surface area contributed by atoms with Gasteiger partial charge in [-0.2, -0.15) is 0 Å². The van der Waals surface area contributed by atoms with Gasteiger partial charge in [0, 0.05) is 24.2 Å². The minimum Gasteiger partial charge on any atom is -0.478 e. The lowest BCUT2D eigenvalue weighted by Crippen LogP contribution is -2.17. The first kappa shape index (κ1) is 22.9. The summed E-state index contributed by atoms with van der Waals surface area (Å²) >= 11 is 0. The quantitative estimate of drug-likeness (QED) is 0.265. The van der Waals surface area contributed by atoms with Crippen LogP contribution in [0.15, 0.2) is 36.5 Å². The molecule has 2 aliphatic rings. The summed E-state index contributed by atoms with van der Waals surface area (Å²) in [4.78, 5) is 4.50. The average molecular weight is 438 g/mol. The van der Waals surface area contributed by atoms with Gasteiger partial charge in [-0.25, -0.2) is 4.98 Å². The normalized spacial score (nSPS) is 17.0. The summed E-state index contributed by atoms with van der Waals surface area (Å²) in [6, 6.07) is 10.2. The van der Waals surface area contributed by atoms with Crippen LogP contribution in [0.25, 0.3) is 11.1 Å². The van der Waals surface area contributed by atoms with Crippen molar-refractivity contribution < 1.29 is 14.2 Å². The molecule has 0 N–H and O–H groups in total. The Balaban J connectivity index is 1.18. The Hall–Kier alpha value is -2.23. The molecule has 2 heterocycles. The number of hydrogen-bond acceptors (Lipinski definition) is 4. The van der Waals surface area contributed by atoms with E-state index in [1.807, 2.05) is 18.3 Å². The van der Waals surface area contributed by atoms with Crippen LogP contribution in [0, 0.1) is 5.92 Å². The monoisotopic (exact) mass is 437 g/mol. The fraction of sp³-hybridized carbons (Fsp3) is 0.607. The van der Waals surface area contributed by atoms with E-state index in [-0.39, 0.29) is 6.29 Å². The number of benzene rings is 1. The van der Waals surface area contributed by atoms with Gasteiger partial charge >= 0.3 is 0 Å². The van der Waals surface area contributed by atoms with Crippen LogP contribution in [-0.2, 0) is 0 Å². The molecule has 4 rings (SSSR count). The minimum absolute atomic E-state index is 0.149. The first-order valence-electron chi connectivity index (χ1n) is 12.9. The van der Waals surface area contributed by atoms with Gasteiger partial charge in [0.15, 0.2) is 11.5 Å². The fourth-order valence-electron chi connectivity index (χ4n) is 4.33. The highest BCUT2D eigenvalue weighted by molar-refractivity contribution is 5.67. The molecule has 1 aliphatic heterocycles. The number of hydrogen-bond donors (Lipinski definition) is 0. The zero-order valence-electron chi connectivity index (χ0n) is 19.7. The van der Waals surface area contributed by atoms with Crippen LogP contribution in [0.4, 0.5) is 0 Å². The maximum atomic E-state index is 6.04. The highest BCUT2D eigenvalue weighted by atomic mass is 16.7. The molecule has 2 aromatic rings. The molecule has 1 aromatic carbocycles. The largest absolute Gasteiger partial charge is 0.478 e. The molecule has 1 aliphatic carbocycles. The summed E-state index contributed by atoms with van der Waals surface area (Å²) < 4.78 is 17.8. The molecule has 0 amide bonds. The van der Waals surface area contributed by atoms with Crippen LogP contribution in [0.3, 0.4) is 0 Å². The van der Waals surface area contributed by atoms with Gasteiger partial charge in [0.2, 0.25) is 12.2 Å². The SMILES string of the molecule is CCCCCCCC1Oc2ccc(-c3ccc(OCCCCCCC4CC4)nc3)cc2O1. The van der Waals surface area contributed by atoms with Crippen molar-refractivity contribution in [3.8, 4) is 28.5 Å². The Morgan fingerprint density at radius 3 is 2.34 bits per heavy atom. The highest BCUT2D eigenvalue weighted by Crippen LogP contribution is 2.39. The first-order valence-corrected chi connectivity index (χ1v) is 12.9. The van der Waals surface area contributed by atoms with Crippen LogP contribution in [0.5, 0.6) is 17.4 Å². The van der Waals surface area contributed by atoms with Gasteiger partial charge in [0.25, 0.3) is 0 Å². The Morgan fingerprint density at radius 1 is 0.812 bits per heavy atom. The van der Waals surface area contributed by atoms with E-state index in [1.165, 1.54) is 64.2 Å². The fourth-order valence-corrected chi connectivity index (χ4v) is 4.33. The van der Waals surface area contributed by atoms with Crippen molar-refractivity contribution in [1.82, 2.24) is 4.98 Å². The molecule has 1 fully saturated rings. The summed E-state index contributed by atoms with van der Waals surface area (Å²) in [7, 11) is 0. The van der Waals surface area contributed by atoms with Crippen LogP contribution in [0.1, 0.15) is 90.4 Å². The van der Waals surface area contributed by atoms with E-state index in [0.717, 1.165) is 54.4 Å². The number of pyridine rings is 1. The van der Waals surface area contributed by atoms with E-state index in [0.29, 0.717) is 5.88 Å². The average Bonchev–Trinajstić information content (AvgIpc) is 3.55.